The molecule has 0 aliphatic carbocycles. The lowest BCUT2D eigenvalue weighted by Gasteiger charge is -2.13. The molecule has 0 radical (unpaired) electrons. The molecule has 0 aliphatic rings. The zero-order valence-corrected chi connectivity index (χ0v) is 11.2. The summed E-state index contributed by atoms with van der Waals surface area (Å²) in [6.07, 6.45) is 0. The van der Waals surface area contributed by atoms with E-state index in [2.05, 4.69) is 5.32 Å². The smallest absolute Gasteiger partial charge is 0.262 e. The fourth-order valence-corrected chi connectivity index (χ4v) is 1.93. The number of ether oxygens (including phenoxy) is 1. The van der Waals surface area contributed by atoms with Gasteiger partial charge in [-0.2, -0.15) is 0 Å². The minimum Gasteiger partial charge on any atom is -0.496 e. The molecule has 0 fully saturated rings. The summed E-state index contributed by atoms with van der Waals surface area (Å²) in [5.41, 5.74) is 7.37. The van der Waals surface area contributed by atoms with Crippen molar-refractivity contribution in [2.45, 2.75) is 6.92 Å². The van der Waals surface area contributed by atoms with Gasteiger partial charge in [0.2, 0.25) is 0 Å². The van der Waals surface area contributed by atoms with Crippen LogP contribution in [0.4, 0.5) is 15.8 Å². The summed E-state index contributed by atoms with van der Waals surface area (Å²) in [5.74, 6) is -1.07. The number of methoxy groups -OCH3 is 1. The maximum absolute atomic E-state index is 13.8. The first-order valence-electron chi connectivity index (χ1n) is 6.03. The summed E-state index contributed by atoms with van der Waals surface area (Å²) in [4.78, 5) is 12.2. The van der Waals surface area contributed by atoms with Crippen LogP contribution in [0.5, 0.6) is 5.75 Å². The highest BCUT2D eigenvalue weighted by atomic mass is 19.1. The van der Waals surface area contributed by atoms with Gasteiger partial charge in [0, 0.05) is 0 Å². The minimum absolute atomic E-state index is 0.141. The molecule has 2 rings (SSSR count). The zero-order valence-electron chi connectivity index (χ0n) is 11.2. The van der Waals surface area contributed by atoms with Crippen LogP contribution in [0.25, 0.3) is 0 Å². The van der Waals surface area contributed by atoms with Gasteiger partial charge in [-0.1, -0.05) is 18.2 Å². The standard InChI is InChI=1S/C15H15FN2O2/c1-9-5-3-7-11(17)14(9)18-15(19)13-10(16)6-4-8-12(13)20-2/h3-8H,17H2,1-2H3,(H,18,19). The second-order valence-electron chi connectivity index (χ2n) is 4.31. The first kappa shape index (κ1) is 13.9. The number of para-hydroxylation sites is 1. The number of nitrogen functional groups attached to an aromatic ring is 1. The summed E-state index contributed by atoms with van der Waals surface area (Å²) in [7, 11) is 1.38. The van der Waals surface area contributed by atoms with Crippen LogP contribution >= 0.6 is 0 Å². The molecule has 0 bridgehead atoms. The number of carbonyl (C=O) groups is 1. The first-order valence-corrected chi connectivity index (χ1v) is 6.03. The number of amides is 1. The highest BCUT2D eigenvalue weighted by Gasteiger charge is 2.18. The van der Waals surface area contributed by atoms with Gasteiger partial charge in [-0.3, -0.25) is 4.79 Å². The number of nitrogens with two attached hydrogens (primary N) is 1. The number of halogens is 1. The van der Waals surface area contributed by atoms with Gasteiger partial charge in [0.1, 0.15) is 17.1 Å². The molecule has 0 atom stereocenters. The van der Waals surface area contributed by atoms with Gasteiger partial charge in [0.25, 0.3) is 5.91 Å². The van der Waals surface area contributed by atoms with Crippen molar-refractivity contribution in [3.05, 3.63) is 53.3 Å². The van der Waals surface area contributed by atoms with E-state index in [-0.39, 0.29) is 11.3 Å². The van der Waals surface area contributed by atoms with E-state index < -0.39 is 11.7 Å². The maximum Gasteiger partial charge on any atom is 0.262 e. The van der Waals surface area contributed by atoms with Crippen LogP contribution in [0, 0.1) is 12.7 Å². The Labute approximate surface area is 116 Å². The van der Waals surface area contributed by atoms with E-state index in [9.17, 15) is 9.18 Å². The van der Waals surface area contributed by atoms with E-state index in [1.165, 1.54) is 25.3 Å². The largest absolute Gasteiger partial charge is 0.496 e. The van der Waals surface area contributed by atoms with Crippen LogP contribution in [0.3, 0.4) is 0 Å². The molecule has 0 saturated carbocycles. The lowest BCUT2D eigenvalue weighted by molar-refractivity contribution is 0.102. The SMILES string of the molecule is COc1cccc(F)c1C(=O)Nc1c(C)cccc1N. The Kier molecular flexibility index (Phi) is 3.89. The molecule has 0 aromatic heterocycles. The van der Waals surface area contributed by atoms with Crippen LogP contribution in [0.1, 0.15) is 15.9 Å². The third-order valence-electron chi connectivity index (χ3n) is 2.97. The second-order valence-corrected chi connectivity index (χ2v) is 4.31. The topological polar surface area (TPSA) is 64.3 Å². The molecule has 0 saturated heterocycles. The number of nitrogens with one attached hydrogen (secondary N) is 1. The van der Waals surface area contributed by atoms with Crippen molar-refractivity contribution < 1.29 is 13.9 Å². The van der Waals surface area contributed by atoms with Crippen molar-refractivity contribution in [2.75, 3.05) is 18.2 Å². The number of hydrogen-bond acceptors (Lipinski definition) is 3. The van der Waals surface area contributed by atoms with Crippen LogP contribution in [0.15, 0.2) is 36.4 Å². The number of anilines is 2. The van der Waals surface area contributed by atoms with Crippen molar-refractivity contribution in [1.82, 2.24) is 0 Å². The monoisotopic (exact) mass is 274 g/mol. The fraction of sp³-hybridized carbons (Fsp3) is 0.133. The highest BCUT2D eigenvalue weighted by Crippen LogP contribution is 2.26. The Hall–Kier alpha value is -2.56. The number of carbonyl (C=O) groups excluding carboxylic acids is 1. The van der Waals surface area contributed by atoms with Gasteiger partial charge in [-0.25, -0.2) is 4.39 Å². The van der Waals surface area contributed by atoms with Crippen LogP contribution in [-0.4, -0.2) is 13.0 Å². The molecule has 2 aromatic carbocycles. The Morgan fingerprint density at radius 1 is 1.25 bits per heavy atom. The molecule has 4 nitrogen and oxygen atoms in total. The predicted octanol–water partition coefficient (Wildman–Crippen LogP) is 2.98. The van der Waals surface area contributed by atoms with Gasteiger partial charge in [-0.15, -0.1) is 0 Å². The summed E-state index contributed by atoms with van der Waals surface area (Å²) in [6.45, 7) is 1.81. The Morgan fingerprint density at radius 3 is 2.60 bits per heavy atom. The molecule has 2 aromatic rings. The minimum atomic E-state index is -0.644. The van der Waals surface area contributed by atoms with Gasteiger partial charge in [0.05, 0.1) is 18.5 Å². The molecule has 0 spiro atoms. The van der Waals surface area contributed by atoms with Crippen LogP contribution < -0.4 is 15.8 Å². The van der Waals surface area contributed by atoms with Crippen LogP contribution in [-0.2, 0) is 0 Å². The molecule has 1 amide bonds. The molecule has 3 N–H and O–H groups in total. The van der Waals surface area contributed by atoms with Crippen molar-refractivity contribution in [2.24, 2.45) is 0 Å². The van der Waals surface area contributed by atoms with E-state index >= 15 is 0 Å². The van der Waals surface area contributed by atoms with Gasteiger partial charge in [0.15, 0.2) is 0 Å². The highest BCUT2D eigenvalue weighted by molar-refractivity contribution is 6.08. The van der Waals surface area contributed by atoms with E-state index in [1.54, 1.807) is 12.1 Å². The van der Waals surface area contributed by atoms with Crippen molar-refractivity contribution >= 4 is 17.3 Å². The van der Waals surface area contributed by atoms with Crippen molar-refractivity contribution in [3.8, 4) is 5.75 Å². The van der Waals surface area contributed by atoms with Gasteiger partial charge < -0.3 is 15.8 Å². The predicted molar refractivity (Wildman–Crippen MR) is 76.5 cm³/mol. The quantitative estimate of drug-likeness (QED) is 0.846. The van der Waals surface area contributed by atoms with E-state index in [4.69, 9.17) is 10.5 Å². The summed E-state index contributed by atoms with van der Waals surface area (Å²) in [5, 5.41) is 2.63. The maximum atomic E-state index is 13.8. The lowest BCUT2D eigenvalue weighted by Crippen LogP contribution is -2.16. The van der Waals surface area contributed by atoms with Crippen LogP contribution in [0.2, 0.25) is 0 Å². The fourth-order valence-electron chi connectivity index (χ4n) is 1.93. The van der Waals surface area contributed by atoms with Gasteiger partial charge >= 0.3 is 0 Å². The number of hydrogen-bond donors (Lipinski definition) is 2. The van der Waals surface area contributed by atoms with E-state index in [0.717, 1.165) is 5.56 Å². The van der Waals surface area contributed by atoms with E-state index in [0.29, 0.717) is 11.4 Å². The third-order valence-corrected chi connectivity index (χ3v) is 2.97. The van der Waals surface area contributed by atoms with Crippen molar-refractivity contribution in [3.63, 3.8) is 0 Å². The molecule has 0 unspecified atom stereocenters. The first-order chi connectivity index (χ1) is 9.54. The summed E-state index contributed by atoms with van der Waals surface area (Å²) in [6, 6.07) is 9.47. The average molecular weight is 274 g/mol. The molecule has 0 heterocycles. The number of aryl methyl sites for hydroxylation is 1. The normalized spacial score (nSPS) is 10.2. The molecular weight excluding hydrogens is 259 g/mol. The molecule has 5 heteroatoms. The second kappa shape index (κ2) is 5.61. The third kappa shape index (κ3) is 2.56. The number of rotatable bonds is 3. The molecular formula is C15H15FN2O2. The summed E-state index contributed by atoms with van der Waals surface area (Å²) < 4.78 is 18.8. The zero-order chi connectivity index (χ0) is 14.7. The summed E-state index contributed by atoms with van der Waals surface area (Å²) >= 11 is 0. The lowest BCUT2D eigenvalue weighted by atomic mass is 10.1. The average Bonchev–Trinajstić information content (AvgIpc) is 2.42. The number of benzene rings is 2. The molecule has 20 heavy (non-hydrogen) atoms. The Bertz CT molecular complexity index is 636. The Morgan fingerprint density at radius 2 is 1.95 bits per heavy atom. The van der Waals surface area contributed by atoms with E-state index in [1.807, 2.05) is 13.0 Å². The molecule has 104 valence electrons. The molecule has 0 aliphatic heterocycles. The van der Waals surface area contributed by atoms with Crippen molar-refractivity contribution in [1.29, 1.82) is 0 Å². The van der Waals surface area contributed by atoms with Gasteiger partial charge in [-0.05, 0) is 30.7 Å². The Balaban J connectivity index is 2.39.